The highest BCUT2D eigenvalue weighted by Crippen LogP contribution is 2.27. The highest BCUT2D eigenvalue weighted by molar-refractivity contribution is 7.09. The summed E-state index contributed by atoms with van der Waals surface area (Å²) in [5, 5.41) is 9.54. The lowest BCUT2D eigenvalue weighted by Crippen LogP contribution is -2.00. The molecule has 0 aliphatic rings. The van der Waals surface area contributed by atoms with E-state index in [1.54, 1.807) is 18.6 Å². The number of aliphatic hydroxyl groups is 1. The highest BCUT2D eigenvalue weighted by atomic mass is 32.1. The van der Waals surface area contributed by atoms with Gasteiger partial charge in [-0.25, -0.2) is 4.39 Å². The number of aromatic nitrogens is 1. The fourth-order valence-corrected chi connectivity index (χ4v) is 1.95. The lowest BCUT2D eigenvalue weighted by molar-refractivity contribution is 0.190. The average molecular weight is 253 g/mol. The molecule has 0 radical (unpaired) electrons. The molecule has 0 aliphatic heterocycles. The number of hydrogen-bond donors (Lipinski definition) is 1. The third kappa shape index (κ3) is 3.01. The zero-order chi connectivity index (χ0) is 12.3. The third-order valence-corrected chi connectivity index (χ3v) is 3.03. The van der Waals surface area contributed by atoms with Gasteiger partial charge in [-0.3, -0.25) is 4.98 Å². The molecular formula is C12H12FNO2S. The molecule has 1 aromatic carbocycles. The molecule has 0 spiro atoms. The van der Waals surface area contributed by atoms with Crippen molar-refractivity contribution in [1.29, 1.82) is 0 Å². The van der Waals surface area contributed by atoms with E-state index < -0.39 is 6.10 Å². The van der Waals surface area contributed by atoms with Crippen LogP contribution in [0.4, 0.5) is 4.39 Å². The molecule has 0 fully saturated rings. The van der Waals surface area contributed by atoms with Crippen LogP contribution < -0.4 is 4.74 Å². The molecule has 0 saturated carbocycles. The minimum Gasteiger partial charge on any atom is -0.488 e. The number of halogens is 1. The summed E-state index contributed by atoms with van der Waals surface area (Å²) >= 11 is 1.47. The first-order chi connectivity index (χ1) is 8.16. The average Bonchev–Trinajstić information content (AvgIpc) is 2.78. The van der Waals surface area contributed by atoms with Crippen molar-refractivity contribution in [3.8, 4) is 5.75 Å². The topological polar surface area (TPSA) is 42.4 Å². The van der Waals surface area contributed by atoms with E-state index in [4.69, 9.17) is 4.74 Å². The van der Waals surface area contributed by atoms with Gasteiger partial charge in [-0.2, -0.15) is 0 Å². The summed E-state index contributed by atoms with van der Waals surface area (Å²) in [5.74, 6) is -0.0119. The van der Waals surface area contributed by atoms with Gasteiger partial charge in [0.15, 0.2) is 0 Å². The van der Waals surface area contributed by atoms with E-state index in [1.807, 2.05) is 0 Å². The SMILES string of the molecule is C[C@H](O)c1ccc(F)cc1OCc1cncs1. The first kappa shape index (κ1) is 12.0. The quantitative estimate of drug-likeness (QED) is 0.911. The van der Waals surface area contributed by atoms with Crippen LogP contribution in [0.25, 0.3) is 0 Å². The van der Waals surface area contributed by atoms with Gasteiger partial charge in [0.1, 0.15) is 18.2 Å². The van der Waals surface area contributed by atoms with E-state index in [2.05, 4.69) is 4.98 Å². The third-order valence-electron chi connectivity index (χ3n) is 2.28. The first-order valence-electron chi connectivity index (χ1n) is 5.14. The molecule has 2 rings (SSSR count). The van der Waals surface area contributed by atoms with Gasteiger partial charge in [0.05, 0.1) is 16.5 Å². The van der Waals surface area contributed by atoms with Crippen LogP contribution in [0.3, 0.4) is 0 Å². The Balaban J connectivity index is 2.16. The van der Waals surface area contributed by atoms with Crippen molar-refractivity contribution >= 4 is 11.3 Å². The van der Waals surface area contributed by atoms with Gasteiger partial charge in [0, 0.05) is 17.8 Å². The van der Waals surface area contributed by atoms with Crippen LogP contribution in [0.1, 0.15) is 23.5 Å². The van der Waals surface area contributed by atoms with Crippen molar-refractivity contribution < 1.29 is 14.2 Å². The summed E-state index contributed by atoms with van der Waals surface area (Å²) in [6.07, 6.45) is 1.01. The Morgan fingerprint density at radius 3 is 3.00 bits per heavy atom. The van der Waals surface area contributed by atoms with Crippen LogP contribution in [0.15, 0.2) is 29.9 Å². The second-order valence-corrected chi connectivity index (χ2v) is 4.59. The van der Waals surface area contributed by atoms with Crippen LogP contribution in [0.2, 0.25) is 0 Å². The predicted molar refractivity (Wildman–Crippen MR) is 63.5 cm³/mol. The van der Waals surface area contributed by atoms with Gasteiger partial charge < -0.3 is 9.84 Å². The molecule has 1 N–H and O–H groups in total. The van der Waals surface area contributed by atoms with Gasteiger partial charge in [0.2, 0.25) is 0 Å². The molecule has 0 unspecified atom stereocenters. The zero-order valence-corrected chi connectivity index (χ0v) is 10.1. The van der Waals surface area contributed by atoms with Crippen molar-refractivity contribution in [3.63, 3.8) is 0 Å². The first-order valence-corrected chi connectivity index (χ1v) is 6.02. The van der Waals surface area contributed by atoms with Gasteiger partial charge >= 0.3 is 0 Å². The Bertz CT molecular complexity index is 485. The van der Waals surface area contributed by atoms with Crippen molar-refractivity contribution in [2.24, 2.45) is 0 Å². The molecule has 1 heterocycles. The highest BCUT2D eigenvalue weighted by Gasteiger charge is 2.10. The molecule has 0 saturated heterocycles. The Labute approximate surface area is 103 Å². The lowest BCUT2D eigenvalue weighted by Gasteiger charge is -2.12. The van der Waals surface area contributed by atoms with Gasteiger partial charge in [-0.15, -0.1) is 11.3 Å². The summed E-state index contributed by atoms with van der Waals surface area (Å²) in [5.41, 5.74) is 2.29. The standard InChI is InChI=1S/C12H12FNO2S/c1-8(15)11-3-2-9(13)4-12(11)16-6-10-5-14-7-17-10/h2-5,7-8,15H,6H2,1H3/t8-/m0/s1. The summed E-state index contributed by atoms with van der Waals surface area (Å²) in [4.78, 5) is 4.87. The number of nitrogens with zero attached hydrogens (tertiary/aromatic N) is 1. The number of ether oxygens (including phenoxy) is 1. The second-order valence-electron chi connectivity index (χ2n) is 3.61. The molecule has 5 heteroatoms. The van der Waals surface area contributed by atoms with E-state index in [0.717, 1.165) is 4.88 Å². The monoisotopic (exact) mass is 253 g/mol. The molecule has 17 heavy (non-hydrogen) atoms. The Morgan fingerprint density at radius 2 is 2.35 bits per heavy atom. The fraction of sp³-hybridized carbons (Fsp3) is 0.250. The van der Waals surface area contributed by atoms with Crippen LogP contribution in [-0.4, -0.2) is 10.1 Å². The van der Waals surface area contributed by atoms with Crippen LogP contribution in [0.5, 0.6) is 5.75 Å². The van der Waals surface area contributed by atoms with Crippen molar-refractivity contribution in [2.45, 2.75) is 19.6 Å². The Morgan fingerprint density at radius 1 is 1.53 bits per heavy atom. The summed E-state index contributed by atoms with van der Waals surface area (Å²) < 4.78 is 18.6. The molecular weight excluding hydrogens is 241 g/mol. The minimum absolute atomic E-state index is 0.327. The second kappa shape index (κ2) is 5.25. The molecule has 1 aromatic heterocycles. The normalized spacial score (nSPS) is 12.4. The largest absolute Gasteiger partial charge is 0.488 e. The maximum absolute atomic E-state index is 13.1. The van der Waals surface area contributed by atoms with E-state index in [9.17, 15) is 9.50 Å². The van der Waals surface area contributed by atoms with Crippen LogP contribution >= 0.6 is 11.3 Å². The molecule has 1 atom stereocenters. The van der Waals surface area contributed by atoms with E-state index in [1.165, 1.54) is 29.5 Å². The summed E-state index contributed by atoms with van der Waals surface area (Å²) in [6.45, 7) is 1.95. The minimum atomic E-state index is -0.688. The number of thiazole rings is 1. The number of benzene rings is 1. The summed E-state index contributed by atoms with van der Waals surface area (Å²) in [6, 6.07) is 4.12. The van der Waals surface area contributed by atoms with Crippen molar-refractivity contribution in [1.82, 2.24) is 4.98 Å². The molecule has 2 aromatic rings. The number of aliphatic hydroxyl groups excluding tert-OH is 1. The predicted octanol–water partition coefficient (Wildman–Crippen LogP) is 2.91. The molecule has 90 valence electrons. The maximum Gasteiger partial charge on any atom is 0.128 e. The molecule has 0 aliphatic carbocycles. The zero-order valence-electron chi connectivity index (χ0n) is 9.26. The lowest BCUT2D eigenvalue weighted by atomic mass is 10.1. The Hall–Kier alpha value is -1.46. The van der Waals surface area contributed by atoms with E-state index >= 15 is 0 Å². The number of rotatable bonds is 4. The fourth-order valence-electron chi connectivity index (χ4n) is 1.44. The maximum atomic E-state index is 13.1. The molecule has 3 nitrogen and oxygen atoms in total. The van der Waals surface area contributed by atoms with E-state index in [-0.39, 0.29) is 5.82 Å². The number of hydrogen-bond acceptors (Lipinski definition) is 4. The smallest absolute Gasteiger partial charge is 0.128 e. The molecule has 0 amide bonds. The van der Waals surface area contributed by atoms with E-state index in [0.29, 0.717) is 17.9 Å². The van der Waals surface area contributed by atoms with Crippen LogP contribution in [0, 0.1) is 5.82 Å². The van der Waals surface area contributed by atoms with Gasteiger partial charge in [-0.05, 0) is 19.1 Å². The van der Waals surface area contributed by atoms with Gasteiger partial charge in [-0.1, -0.05) is 0 Å². The van der Waals surface area contributed by atoms with Crippen molar-refractivity contribution in [3.05, 3.63) is 46.2 Å². The summed E-state index contributed by atoms with van der Waals surface area (Å²) in [7, 11) is 0. The van der Waals surface area contributed by atoms with Crippen molar-refractivity contribution in [2.75, 3.05) is 0 Å². The Kier molecular flexibility index (Phi) is 3.71. The molecule has 0 bridgehead atoms. The van der Waals surface area contributed by atoms with Crippen LogP contribution in [-0.2, 0) is 6.61 Å². The van der Waals surface area contributed by atoms with Gasteiger partial charge in [0.25, 0.3) is 0 Å².